The first-order valence-corrected chi connectivity index (χ1v) is 12.3. The zero-order valence-corrected chi connectivity index (χ0v) is 16.5. The maximum absolute atomic E-state index is 4.53. The molecule has 0 unspecified atom stereocenters. The van der Waals surface area contributed by atoms with Crippen molar-refractivity contribution < 1.29 is 0 Å². The van der Waals surface area contributed by atoms with Crippen LogP contribution in [0.15, 0.2) is 83.9 Å². The monoisotopic (exact) mass is 353 g/mol. The van der Waals surface area contributed by atoms with Gasteiger partial charge in [0.05, 0.1) is 5.69 Å². The molecule has 3 aromatic carbocycles. The highest BCUT2D eigenvalue weighted by atomic mass is 28.3. The topological polar surface area (TPSA) is 12.4 Å². The minimum absolute atomic E-state index is 0.954. The van der Waals surface area contributed by atoms with E-state index in [1.807, 2.05) is 48.7 Å². The molecule has 0 N–H and O–H groups in total. The number of hydrogen-bond donors (Lipinski definition) is 0. The second kappa shape index (κ2) is 7.99. The van der Waals surface area contributed by atoms with Crippen molar-refractivity contribution in [2.75, 3.05) is 0 Å². The third kappa shape index (κ3) is 5.30. The number of hydrogen-bond acceptors (Lipinski definition) is 1. The Morgan fingerprint density at radius 1 is 0.731 bits per heavy atom. The Hall–Kier alpha value is -2.89. The Labute approximate surface area is 157 Å². The van der Waals surface area contributed by atoms with Gasteiger partial charge in [0.25, 0.3) is 0 Å². The summed E-state index contributed by atoms with van der Waals surface area (Å²) in [7, 11) is -1.33. The van der Waals surface area contributed by atoms with E-state index in [1.54, 1.807) is 0 Å². The molecule has 3 rings (SSSR count). The molecule has 2 heteroatoms. The van der Waals surface area contributed by atoms with Crippen LogP contribution < -0.4 is 0 Å². The summed E-state index contributed by atoms with van der Waals surface area (Å²) in [6, 6.07) is 26.9. The van der Waals surface area contributed by atoms with Gasteiger partial charge in [-0.2, -0.15) is 0 Å². The van der Waals surface area contributed by atoms with Gasteiger partial charge < -0.3 is 0 Å². The van der Waals surface area contributed by atoms with E-state index in [1.165, 1.54) is 11.1 Å². The first-order chi connectivity index (χ1) is 12.5. The number of nitrogens with zero attached hydrogens (tertiary/aromatic N) is 1. The molecule has 0 saturated carbocycles. The lowest BCUT2D eigenvalue weighted by molar-refractivity contribution is 1.51. The summed E-state index contributed by atoms with van der Waals surface area (Å²) in [4.78, 5) is 4.53. The summed E-state index contributed by atoms with van der Waals surface area (Å²) in [5.74, 6) is 3.30. The van der Waals surface area contributed by atoms with E-state index in [2.05, 4.69) is 72.5 Å². The molecule has 0 bridgehead atoms. The molecular formula is C24H23NSi. The largest absolute Gasteiger partial charge is 0.256 e. The normalized spacial score (nSPS) is 11.2. The third-order valence-electron chi connectivity index (χ3n) is 3.83. The van der Waals surface area contributed by atoms with E-state index in [0.29, 0.717) is 0 Å². The standard InChI is InChI=1S/C24H23NSi/c1-26(2,3)18-17-20-9-11-22(12-10-20)23-13-15-24(16-14-23)25-19-21-7-5-4-6-8-21/h4-16,19H,1-3H3. The van der Waals surface area contributed by atoms with Crippen LogP contribution in [0.5, 0.6) is 0 Å². The van der Waals surface area contributed by atoms with Crippen LogP contribution in [0.25, 0.3) is 11.1 Å². The van der Waals surface area contributed by atoms with Gasteiger partial charge in [-0.25, -0.2) is 0 Å². The highest BCUT2D eigenvalue weighted by Gasteiger charge is 2.07. The molecule has 0 atom stereocenters. The van der Waals surface area contributed by atoms with Crippen molar-refractivity contribution in [1.82, 2.24) is 0 Å². The van der Waals surface area contributed by atoms with Crippen LogP contribution in [-0.2, 0) is 0 Å². The Bertz CT molecular complexity index is 936. The molecule has 0 aliphatic heterocycles. The minimum Gasteiger partial charge on any atom is -0.256 e. The smallest absolute Gasteiger partial charge is 0.129 e. The fraction of sp³-hybridized carbons (Fsp3) is 0.125. The molecule has 3 aromatic rings. The van der Waals surface area contributed by atoms with Crippen LogP contribution in [0.1, 0.15) is 11.1 Å². The van der Waals surface area contributed by atoms with Gasteiger partial charge in [-0.1, -0.05) is 80.2 Å². The Balaban J connectivity index is 1.72. The predicted octanol–water partition coefficient (Wildman–Crippen LogP) is 6.33. The minimum atomic E-state index is -1.33. The molecule has 1 nitrogen and oxygen atoms in total. The van der Waals surface area contributed by atoms with E-state index in [0.717, 1.165) is 16.8 Å². The number of aliphatic imine (C=N–C) groups is 1. The van der Waals surface area contributed by atoms with Crippen LogP contribution >= 0.6 is 0 Å². The van der Waals surface area contributed by atoms with Crippen molar-refractivity contribution in [2.24, 2.45) is 4.99 Å². The summed E-state index contributed by atoms with van der Waals surface area (Å²) in [6.07, 6.45) is 1.89. The van der Waals surface area contributed by atoms with Gasteiger partial charge in [0, 0.05) is 11.8 Å². The maximum Gasteiger partial charge on any atom is 0.129 e. The van der Waals surface area contributed by atoms with Crippen molar-refractivity contribution in [3.05, 3.63) is 90.0 Å². The maximum atomic E-state index is 4.53. The average molecular weight is 354 g/mol. The lowest BCUT2D eigenvalue weighted by atomic mass is 10.0. The second-order valence-corrected chi connectivity index (χ2v) is 12.0. The molecule has 0 fully saturated rings. The Morgan fingerprint density at radius 2 is 1.31 bits per heavy atom. The SMILES string of the molecule is C[Si](C)(C)C#Cc1ccc(-c2ccc(N=Cc3ccccc3)cc2)cc1. The molecule has 0 spiro atoms. The predicted molar refractivity (Wildman–Crippen MR) is 116 cm³/mol. The van der Waals surface area contributed by atoms with E-state index in [4.69, 9.17) is 0 Å². The first kappa shape index (κ1) is 17.9. The molecule has 26 heavy (non-hydrogen) atoms. The van der Waals surface area contributed by atoms with Crippen LogP contribution in [0.3, 0.4) is 0 Å². The van der Waals surface area contributed by atoms with Crippen molar-refractivity contribution in [2.45, 2.75) is 19.6 Å². The fourth-order valence-corrected chi connectivity index (χ4v) is 2.95. The summed E-state index contributed by atoms with van der Waals surface area (Å²) in [5, 5.41) is 0. The Morgan fingerprint density at radius 3 is 1.88 bits per heavy atom. The van der Waals surface area contributed by atoms with Crippen LogP contribution in [0.2, 0.25) is 19.6 Å². The molecule has 0 saturated heterocycles. The van der Waals surface area contributed by atoms with Crippen molar-refractivity contribution in [3.8, 4) is 22.6 Å². The van der Waals surface area contributed by atoms with Gasteiger partial charge >= 0.3 is 0 Å². The highest BCUT2D eigenvalue weighted by molar-refractivity contribution is 6.83. The molecule has 0 aliphatic carbocycles. The molecule has 0 aromatic heterocycles. The Kier molecular flexibility index (Phi) is 5.51. The van der Waals surface area contributed by atoms with Gasteiger partial charge in [-0.15, -0.1) is 5.54 Å². The summed E-state index contributed by atoms with van der Waals surface area (Å²) < 4.78 is 0. The second-order valence-electron chi connectivity index (χ2n) is 7.29. The quantitative estimate of drug-likeness (QED) is 0.296. The van der Waals surface area contributed by atoms with Gasteiger partial charge in [-0.3, -0.25) is 4.99 Å². The lowest BCUT2D eigenvalue weighted by Crippen LogP contribution is -2.16. The third-order valence-corrected chi connectivity index (χ3v) is 4.70. The summed E-state index contributed by atoms with van der Waals surface area (Å²) >= 11 is 0. The van der Waals surface area contributed by atoms with E-state index in [9.17, 15) is 0 Å². The van der Waals surface area contributed by atoms with Crippen LogP contribution in [0.4, 0.5) is 5.69 Å². The van der Waals surface area contributed by atoms with Gasteiger partial charge in [-0.05, 0) is 41.0 Å². The van der Waals surface area contributed by atoms with Crippen LogP contribution in [0, 0.1) is 11.5 Å². The van der Waals surface area contributed by atoms with E-state index >= 15 is 0 Å². The van der Waals surface area contributed by atoms with Gasteiger partial charge in [0.1, 0.15) is 8.07 Å². The molecule has 0 amide bonds. The van der Waals surface area contributed by atoms with Crippen molar-refractivity contribution in [3.63, 3.8) is 0 Å². The fourth-order valence-electron chi connectivity index (χ4n) is 2.43. The summed E-state index contributed by atoms with van der Waals surface area (Å²) in [5.41, 5.74) is 8.93. The lowest BCUT2D eigenvalue weighted by Gasteiger charge is -2.04. The van der Waals surface area contributed by atoms with Gasteiger partial charge in [0.2, 0.25) is 0 Å². The molecular weight excluding hydrogens is 330 g/mol. The van der Waals surface area contributed by atoms with E-state index in [-0.39, 0.29) is 0 Å². The first-order valence-electron chi connectivity index (χ1n) is 8.82. The molecule has 128 valence electrons. The van der Waals surface area contributed by atoms with Crippen molar-refractivity contribution >= 4 is 20.0 Å². The summed E-state index contributed by atoms with van der Waals surface area (Å²) in [6.45, 7) is 6.78. The van der Waals surface area contributed by atoms with E-state index < -0.39 is 8.07 Å². The zero-order valence-electron chi connectivity index (χ0n) is 15.5. The highest BCUT2D eigenvalue weighted by Crippen LogP contribution is 2.23. The average Bonchev–Trinajstić information content (AvgIpc) is 2.66. The molecule has 0 heterocycles. The van der Waals surface area contributed by atoms with Crippen molar-refractivity contribution in [1.29, 1.82) is 0 Å². The molecule has 0 radical (unpaired) electrons. The zero-order chi connectivity index (χ0) is 18.4. The van der Waals surface area contributed by atoms with Crippen LogP contribution in [-0.4, -0.2) is 14.3 Å². The number of rotatable bonds is 3. The molecule has 0 aliphatic rings. The number of benzene rings is 3. The van der Waals surface area contributed by atoms with Gasteiger partial charge in [0.15, 0.2) is 0 Å².